The van der Waals surface area contributed by atoms with E-state index < -0.39 is 23.6 Å². The maximum atomic E-state index is 12.2. The fourth-order valence-electron chi connectivity index (χ4n) is 2.56. The smallest absolute Gasteiger partial charge is 0.367 e. The monoisotopic (exact) mass is 441 g/mol. The van der Waals surface area contributed by atoms with Gasteiger partial charge in [-0.2, -0.15) is 13.2 Å². The van der Waals surface area contributed by atoms with Crippen molar-refractivity contribution in [1.29, 1.82) is 0 Å². The highest BCUT2D eigenvalue weighted by Crippen LogP contribution is 2.15. The second kappa shape index (κ2) is 12.3. The van der Waals surface area contributed by atoms with E-state index in [1.54, 1.807) is 19.2 Å². The quantitative estimate of drug-likeness (QED) is 0.438. The second-order valence-corrected chi connectivity index (χ2v) is 8.13. The van der Waals surface area contributed by atoms with Crippen LogP contribution < -0.4 is 10.6 Å². The minimum atomic E-state index is -4.32. The molecule has 0 radical (unpaired) electrons. The van der Waals surface area contributed by atoms with Crippen LogP contribution in [-0.2, 0) is 34.4 Å². The first kappa shape index (κ1) is 23.9. The molecule has 0 fully saturated rings. The number of nitrogens with one attached hydrogen (secondary N) is 2. The largest absolute Gasteiger partial charge is 0.411 e. The van der Waals surface area contributed by atoms with Gasteiger partial charge in [0.2, 0.25) is 0 Å². The Bertz CT molecular complexity index is 812. The third kappa shape index (κ3) is 9.89. The van der Waals surface area contributed by atoms with E-state index in [9.17, 15) is 17.4 Å². The van der Waals surface area contributed by atoms with E-state index >= 15 is 0 Å². The highest BCUT2D eigenvalue weighted by Gasteiger charge is 2.27. The van der Waals surface area contributed by atoms with Crippen molar-refractivity contribution >= 4 is 16.8 Å². The molecule has 0 aliphatic rings. The summed E-state index contributed by atoms with van der Waals surface area (Å²) in [5.41, 5.74) is 2.67. The number of ether oxygens (including phenoxy) is 1. The number of aliphatic imine (C=N–C) groups is 1. The molecule has 2 N–H and O–H groups in total. The van der Waals surface area contributed by atoms with Crippen molar-refractivity contribution in [3.63, 3.8) is 0 Å². The van der Waals surface area contributed by atoms with Crippen molar-refractivity contribution in [2.75, 3.05) is 26.0 Å². The topological polar surface area (TPSA) is 62.7 Å². The highest BCUT2D eigenvalue weighted by atomic mass is 32.2. The van der Waals surface area contributed by atoms with Crippen LogP contribution in [0, 0.1) is 0 Å². The van der Waals surface area contributed by atoms with Gasteiger partial charge >= 0.3 is 6.18 Å². The lowest BCUT2D eigenvalue weighted by Crippen LogP contribution is -2.38. The lowest BCUT2D eigenvalue weighted by atomic mass is 10.1. The van der Waals surface area contributed by atoms with Crippen LogP contribution in [0.15, 0.2) is 59.6 Å². The molecule has 0 aromatic heterocycles. The lowest BCUT2D eigenvalue weighted by Gasteiger charge is -2.12. The molecule has 2 rings (SSSR count). The first-order valence-corrected chi connectivity index (χ1v) is 10.9. The van der Waals surface area contributed by atoms with Gasteiger partial charge in [0.25, 0.3) is 0 Å². The summed E-state index contributed by atoms with van der Waals surface area (Å²) in [7, 11) is 0.682. The molecule has 2 aromatic carbocycles. The number of alkyl halides is 3. The Morgan fingerprint density at radius 2 is 1.67 bits per heavy atom. The van der Waals surface area contributed by atoms with E-state index in [0.717, 1.165) is 11.1 Å². The maximum absolute atomic E-state index is 12.2. The predicted octanol–water partition coefficient (Wildman–Crippen LogP) is 3.38. The van der Waals surface area contributed by atoms with Crippen molar-refractivity contribution in [2.24, 2.45) is 4.99 Å². The Morgan fingerprint density at radius 1 is 1.00 bits per heavy atom. The number of halogens is 3. The minimum Gasteiger partial charge on any atom is -0.367 e. The highest BCUT2D eigenvalue weighted by molar-refractivity contribution is 7.84. The second-order valence-electron chi connectivity index (χ2n) is 6.55. The molecule has 0 aliphatic heterocycles. The molecular formula is C21H26F3N3O2S. The van der Waals surface area contributed by atoms with Crippen LogP contribution in [0.3, 0.4) is 0 Å². The van der Waals surface area contributed by atoms with Gasteiger partial charge in [-0.05, 0) is 16.7 Å². The van der Waals surface area contributed by atoms with Crippen molar-refractivity contribution in [1.82, 2.24) is 10.6 Å². The van der Waals surface area contributed by atoms with Gasteiger partial charge in [0, 0.05) is 42.4 Å². The van der Waals surface area contributed by atoms with E-state index in [4.69, 9.17) is 0 Å². The third-order valence-corrected chi connectivity index (χ3v) is 5.35. The fourth-order valence-corrected chi connectivity index (χ4v) is 3.60. The SMILES string of the molecule is CN=C(NCCS(=O)Cc1ccccc1)NCc1ccc(COCC(F)(F)F)cc1. The Morgan fingerprint density at radius 3 is 2.30 bits per heavy atom. The Labute approximate surface area is 177 Å². The van der Waals surface area contributed by atoms with Crippen molar-refractivity contribution in [3.05, 3.63) is 71.3 Å². The third-order valence-electron chi connectivity index (χ3n) is 4.03. The van der Waals surface area contributed by atoms with Crippen LogP contribution in [-0.4, -0.2) is 42.3 Å². The average Bonchev–Trinajstić information content (AvgIpc) is 2.71. The number of benzene rings is 2. The Balaban J connectivity index is 1.67. The number of rotatable bonds is 10. The first-order chi connectivity index (χ1) is 14.4. The summed E-state index contributed by atoms with van der Waals surface area (Å²) in [6, 6.07) is 16.8. The van der Waals surface area contributed by atoms with Crippen molar-refractivity contribution < 1.29 is 22.1 Å². The molecule has 0 amide bonds. The molecule has 2 aromatic rings. The molecule has 1 atom stereocenters. The summed E-state index contributed by atoms with van der Waals surface area (Å²) in [6.07, 6.45) is -4.32. The van der Waals surface area contributed by atoms with Crippen LogP contribution in [0.4, 0.5) is 13.2 Å². The molecule has 164 valence electrons. The van der Waals surface area contributed by atoms with Gasteiger partial charge in [0.05, 0.1) is 6.61 Å². The average molecular weight is 442 g/mol. The van der Waals surface area contributed by atoms with Gasteiger partial charge in [-0.25, -0.2) is 0 Å². The standard InChI is InChI=1S/C21H26F3N3O2S/c1-25-20(26-11-12-30(28)15-19-5-3-2-4-6-19)27-13-17-7-9-18(10-8-17)14-29-16-21(22,23)24/h2-10H,11-16H2,1H3,(H2,25,26,27). The molecule has 0 heterocycles. The first-order valence-electron chi connectivity index (χ1n) is 9.41. The normalized spacial score (nSPS) is 13.1. The summed E-state index contributed by atoms with van der Waals surface area (Å²) >= 11 is 0. The van der Waals surface area contributed by atoms with Crippen LogP contribution in [0.5, 0.6) is 0 Å². The Kier molecular flexibility index (Phi) is 9.82. The summed E-state index contributed by atoms with van der Waals surface area (Å²) in [5.74, 6) is 1.61. The zero-order chi connectivity index (χ0) is 21.8. The predicted molar refractivity (Wildman–Crippen MR) is 114 cm³/mol. The van der Waals surface area contributed by atoms with E-state index in [-0.39, 0.29) is 6.61 Å². The van der Waals surface area contributed by atoms with E-state index in [2.05, 4.69) is 20.4 Å². The number of hydrogen-bond donors (Lipinski definition) is 2. The van der Waals surface area contributed by atoms with E-state index in [1.807, 2.05) is 42.5 Å². The fraction of sp³-hybridized carbons (Fsp3) is 0.381. The Hall–Kier alpha value is -2.39. The molecule has 0 spiro atoms. The summed E-state index contributed by atoms with van der Waals surface area (Å²) in [5, 5.41) is 6.28. The van der Waals surface area contributed by atoms with Crippen molar-refractivity contribution in [3.8, 4) is 0 Å². The molecule has 0 bridgehead atoms. The van der Waals surface area contributed by atoms with Gasteiger partial charge in [-0.15, -0.1) is 0 Å². The molecule has 0 saturated carbocycles. The molecular weight excluding hydrogens is 415 g/mol. The molecule has 30 heavy (non-hydrogen) atoms. The zero-order valence-corrected chi connectivity index (χ0v) is 17.6. The zero-order valence-electron chi connectivity index (χ0n) is 16.7. The number of hydrogen-bond acceptors (Lipinski definition) is 3. The molecule has 5 nitrogen and oxygen atoms in total. The van der Waals surface area contributed by atoms with Gasteiger partial charge < -0.3 is 15.4 Å². The number of guanidine groups is 1. The van der Waals surface area contributed by atoms with Crippen molar-refractivity contribution in [2.45, 2.75) is 25.1 Å². The van der Waals surface area contributed by atoms with Gasteiger partial charge in [0.1, 0.15) is 6.61 Å². The lowest BCUT2D eigenvalue weighted by molar-refractivity contribution is -0.176. The summed E-state index contributed by atoms with van der Waals surface area (Å²) < 4.78 is 53.1. The molecule has 1 unspecified atom stereocenters. The summed E-state index contributed by atoms with van der Waals surface area (Å²) in [4.78, 5) is 4.13. The van der Waals surface area contributed by atoms with Crippen LogP contribution in [0.2, 0.25) is 0 Å². The van der Waals surface area contributed by atoms with E-state index in [1.165, 1.54) is 0 Å². The summed E-state index contributed by atoms with van der Waals surface area (Å²) in [6.45, 7) is -0.323. The van der Waals surface area contributed by atoms with E-state index in [0.29, 0.717) is 36.1 Å². The molecule has 0 saturated heterocycles. The minimum absolute atomic E-state index is 0.0867. The van der Waals surface area contributed by atoms with Crippen LogP contribution in [0.25, 0.3) is 0 Å². The van der Waals surface area contributed by atoms with Gasteiger partial charge in [-0.3, -0.25) is 9.20 Å². The molecule has 9 heteroatoms. The molecule has 0 aliphatic carbocycles. The van der Waals surface area contributed by atoms with Gasteiger partial charge in [-0.1, -0.05) is 54.6 Å². The maximum Gasteiger partial charge on any atom is 0.411 e. The van der Waals surface area contributed by atoms with Crippen LogP contribution in [0.1, 0.15) is 16.7 Å². The van der Waals surface area contributed by atoms with Gasteiger partial charge in [0.15, 0.2) is 5.96 Å². The number of nitrogens with zero attached hydrogens (tertiary/aromatic N) is 1. The van der Waals surface area contributed by atoms with Crippen LogP contribution >= 0.6 is 0 Å².